The lowest BCUT2D eigenvalue weighted by molar-refractivity contribution is 0.407. The first-order valence-electron chi connectivity index (χ1n) is 4.76. The SMILES string of the molecule is CN1CC(N)C(c2ccccc2)C1.Cl.Cl. The van der Waals surface area contributed by atoms with Crippen LogP contribution in [-0.2, 0) is 0 Å². The highest BCUT2D eigenvalue weighted by Gasteiger charge is 2.28. The third-order valence-electron chi connectivity index (χ3n) is 2.78. The lowest BCUT2D eigenvalue weighted by Gasteiger charge is -2.13. The van der Waals surface area contributed by atoms with E-state index in [9.17, 15) is 0 Å². The highest BCUT2D eigenvalue weighted by molar-refractivity contribution is 5.85. The summed E-state index contributed by atoms with van der Waals surface area (Å²) in [6.07, 6.45) is 0. The summed E-state index contributed by atoms with van der Waals surface area (Å²) in [4.78, 5) is 2.29. The molecule has 1 aromatic carbocycles. The Morgan fingerprint density at radius 2 is 1.73 bits per heavy atom. The van der Waals surface area contributed by atoms with E-state index in [0.717, 1.165) is 13.1 Å². The van der Waals surface area contributed by atoms with Crippen LogP contribution >= 0.6 is 24.8 Å². The zero-order chi connectivity index (χ0) is 9.26. The predicted octanol–water partition coefficient (Wildman–Crippen LogP) is 1.89. The summed E-state index contributed by atoms with van der Waals surface area (Å²) in [6, 6.07) is 10.9. The number of hydrogen-bond acceptors (Lipinski definition) is 2. The lowest BCUT2D eigenvalue weighted by Crippen LogP contribution is -2.27. The molecule has 1 fully saturated rings. The van der Waals surface area contributed by atoms with E-state index in [0.29, 0.717) is 12.0 Å². The molecule has 86 valence electrons. The Kier molecular flexibility index (Phi) is 6.22. The standard InChI is InChI=1S/C11H16N2.2ClH/c1-13-7-10(11(12)8-13)9-5-3-2-4-6-9;;/h2-6,10-11H,7-8,12H2,1H3;2*1H. The van der Waals surface area contributed by atoms with E-state index in [2.05, 4.69) is 36.2 Å². The van der Waals surface area contributed by atoms with Crippen molar-refractivity contribution in [3.63, 3.8) is 0 Å². The van der Waals surface area contributed by atoms with Crippen LogP contribution in [0.2, 0.25) is 0 Å². The van der Waals surface area contributed by atoms with Gasteiger partial charge in [-0.05, 0) is 12.6 Å². The molecule has 15 heavy (non-hydrogen) atoms. The van der Waals surface area contributed by atoms with Gasteiger partial charge < -0.3 is 10.6 Å². The maximum absolute atomic E-state index is 6.06. The molecule has 1 aliphatic heterocycles. The van der Waals surface area contributed by atoms with Crippen LogP contribution in [0.25, 0.3) is 0 Å². The Balaban J connectivity index is 0.000000980. The fourth-order valence-corrected chi connectivity index (χ4v) is 2.09. The molecule has 0 amide bonds. The van der Waals surface area contributed by atoms with Crippen LogP contribution in [0.1, 0.15) is 11.5 Å². The van der Waals surface area contributed by atoms with Gasteiger partial charge >= 0.3 is 0 Å². The van der Waals surface area contributed by atoms with E-state index in [1.54, 1.807) is 0 Å². The van der Waals surface area contributed by atoms with Gasteiger partial charge in [0.25, 0.3) is 0 Å². The summed E-state index contributed by atoms with van der Waals surface area (Å²) in [7, 11) is 2.13. The zero-order valence-electron chi connectivity index (χ0n) is 8.80. The fourth-order valence-electron chi connectivity index (χ4n) is 2.09. The molecular weight excluding hydrogens is 231 g/mol. The molecular formula is C11H18Cl2N2. The van der Waals surface area contributed by atoms with E-state index in [1.807, 2.05) is 6.07 Å². The van der Waals surface area contributed by atoms with Gasteiger partial charge in [-0.2, -0.15) is 0 Å². The van der Waals surface area contributed by atoms with Crippen LogP contribution in [-0.4, -0.2) is 31.1 Å². The van der Waals surface area contributed by atoms with Crippen molar-refractivity contribution >= 4 is 24.8 Å². The topological polar surface area (TPSA) is 29.3 Å². The number of likely N-dealkylation sites (N-methyl/N-ethyl adjacent to an activating group) is 1. The molecule has 2 atom stereocenters. The Morgan fingerprint density at radius 1 is 1.13 bits per heavy atom. The minimum Gasteiger partial charge on any atom is -0.326 e. The number of likely N-dealkylation sites (tertiary alicyclic amines) is 1. The molecule has 1 saturated heterocycles. The Labute approximate surface area is 104 Å². The van der Waals surface area contributed by atoms with Crippen LogP contribution in [0.4, 0.5) is 0 Å². The van der Waals surface area contributed by atoms with Gasteiger partial charge in [-0.3, -0.25) is 0 Å². The Bertz CT molecular complexity index is 279. The second-order valence-corrected chi connectivity index (χ2v) is 3.90. The molecule has 0 aromatic heterocycles. The van der Waals surface area contributed by atoms with Gasteiger partial charge in [0.15, 0.2) is 0 Å². The summed E-state index contributed by atoms with van der Waals surface area (Å²) in [5.41, 5.74) is 7.43. The van der Waals surface area contributed by atoms with Crippen molar-refractivity contribution in [2.24, 2.45) is 5.73 Å². The van der Waals surface area contributed by atoms with Crippen LogP contribution in [0.5, 0.6) is 0 Å². The maximum atomic E-state index is 6.06. The van der Waals surface area contributed by atoms with Gasteiger partial charge in [-0.15, -0.1) is 24.8 Å². The molecule has 1 heterocycles. The van der Waals surface area contributed by atoms with Gasteiger partial charge in [0, 0.05) is 25.0 Å². The Morgan fingerprint density at radius 3 is 2.20 bits per heavy atom. The molecule has 0 bridgehead atoms. The number of nitrogens with zero attached hydrogens (tertiary/aromatic N) is 1. The predicted molar refractivity (Wildman–Crippen MR) is 69.2 cm³/mol. The highest BCUT2D eigenvalue weighted by atomic mass is 35.5. The van der Waals surface area contributed by atoms with E-state index in [1.165, 1.54) is 5.56 Å². The maximum Gasteiger partial charge on any atom is 0.0249 e. The molecule has 0 saturated carbocycles. The number of nitrogens with two attached hydrogens (primary N) is 1. The molecule has 1 aliphatic rings. The monoisotopic (exact) mass is 248 g/mol. The van der Waals surface area contributed by atoms with Crippen LogP contribution < -0.4 is 5.73 Å². The number of halogens is 2. The fraction of sp³-hybridized carbons (Fsp3) is 0.455. The van der Waals surface area contributed by atoms with Crippen molar-refractivity contribution in [1.29, 1.82) is 0 Å². The zero-order valence-corrected chi connectivity index (χ0v) is 10.4. The summed E-state index contributed by atoms with van der Waals surface area (Å²) >= 11 is 0. The summed E-state index contributed by atoms with van der Waals surface area (Å²) < 4.78 is 0. The van der Waals surface area contributed by atoms with Crippen molar-refractivity contribution in [1.82, 2.24) is 4.90 Å². The van der Waals surface area contributed by atoms with Gasteiger partial charge in [0.2, 0.25) is 0 Å². The van der Waals surface area contributed by atoms with Crippen molar-refractivity contribution in [2.75, 3.05) is 20.1 Å². The van der Waals surface area contributed by atoms with E-state index >= 15 is 0 Å². The average molecular weight is 249 g/mol. The second kappa shape index (κ2) is 6.33. The summed E-state index contributed by atoms with van der Waals surface area (Å²) in [5.74, 6) is 0.520. The molecule has 0 radical (unpaired) electrons. The third-order valence-corrected chi connectivity index (χ3v) is 2.78. The minimum atomic E-state index is 0. The molecule has 2 unspecified atom stereocenters. The van der Waals surface area contributed by atoms with Gasteiger partial charge in [-0.1, -0.05) is 30.3 Å². The van der Waals surface area contributed by atoms with Crippen LogP contribution in [0.3, 0.4) is 0 Å². The molecule has 0 aliphatic carbocycles. The van der Waals surface area contributed by atoms with E-state index in [4.69, 9.17) is 5.73 Å². The summed E-state index contributed by atoms with van der Waals surface area (Å²) in [6.45, 7) is 2.10. The van der Waals surface area contributed by atoms with Gasteiger partial charge in [0.1, 0.15) is 0 Å². The average Bonchev–Trinajstić information content (AvgIpc) is 2.47. The number of rotatable bonds is 1. The Hall–Kier alpha value is -0.280. The quantitative estimate of drug-likeness (QED) is 0.823. The van der Waals surface area contributed by atoms with E-state index in [-0.39, 0.29) is 24.8 Å². The van der Waals surface area contributed by atoms with Gasteiger partial charge in [0.05, 0.1) is 0 Å². The summed E-state index contributed by atoms with van der Waals surface area (Å²) in [5, 5.41) is 0. The molecule has 2 N–H and O–H groups in total. The lowest BCUT2D eigenvalue weighted by atomic mass is 9.95. The molecule has 1 aromatic rings. The first-order valence-corrected chi connectivity index (χ1v) is 4.76. The van der Waals surface area contributed by atoms with Crippen LogP contribution in [0, 0.1) is 0 Å². The van der Waals surface area contributed by atoms with Crippen molar-refractivity contribution in [3.8, 4) is 0 Å². The molecule has 0 spiro atoms. The van der Waals surface area contributed by atoms with Crippen molar-refractivity contribution in [3.05, 3.63) is 35.9 Å². The van der Waals surface area contributed by atoms with E-state index < -0.39 is 0 Å². The third kappa shape index (κ3) is 3.35. The van der Waals surface area contributed by atoms with Crippen molar-refractivity contribution in [2.45, 2.75) is 12.0 Å². The van der Waals surface area contributed by atoms with Crippen molar-refractivity contribution < 1.29 is 0 Å². The second-order valence-electron chi connectivity index (χ2n) is 3.90. The smallest absolute Gasteiger partial charge is 0.0249 e. The first-order chi connectivity index (χ1) is 6.27. The molecule has 4 heteroatoms. The molecule has 2 rings (SSSR count). The first kappa shape index (κ1) is 14.7. The van der Waals surface area contributed by atoms with Crippen LogP contribution in [0.15, 0.2) is 30.3 Å². The van der Waals surface area contributed by atoms with Gasteiger partial charge in [-0.25, -0.2) is 0 Å². The minimum absolute atomic E-state index is 0. The highest BCUT2D eigenvalue weighted by Crippen LogP contribution is 2.24. The molecule has 2 nitrogen and oxygen atoms in total. The number of hydrogen-bond donors (Lipinski definition) is 1. The largest absolute Gasteiger partial charge is 0.326 e. The normalized spacial score (nSPS) is 25.5. The number of benzene rings is 1.